The molecule has 1 heterocycles. The van der Waals surface area contributed by atoms with E-state index in [2.05, 4.69) is 17.1 Å². The lowest BCUT2D eigenvalue weighted by Crippen LogP contribution is -2.47. The standard InChI is InChI=1S/C15H21F3N2O/c1-3-20-7-8-21-13(10-20)14(19-2)11-5-4-6-12(9-11)15(16,17)18/h4-6,9,13-14,19H,3,7-8,10H2,1-2H3. The molecule has 0 aromatic heterocycles. The molecule has 1 saturated heterocycles. The zero-order valence-electron chi connectivity index (χ0n) is 12.3. The fourth-order valence-electron chi connectivity index (χ4n) is 2.70. The molecule has 0 saturated carbocycles. The van der Waals surface area contributed by atoms with Gasteiger partial charge in [0.2, 0.25) is 0 Å². The molecule has 1 aliphatic rings. The summed E-state index contributed by atoms with van der Waals surface area (Å²) in [5, 5.41) is 3.09. The average Bonchev–Trinajstić information content (AvgIpc) is 2.48. The second-order valence-electron chi connectivity index (χ2n) is 5.19. The molecule has 0 radical (unpaired) electrons. The summed E-state index contributed by atoms with van der Waals surface area (Å²) in [7, 11) is 1.75. The van der Waals surface area contributed by atoms with Gasteiger partial charge in [0.1, 0.15) is 0 Å². The van der Waals surface area contributed by atoms with E-state index in [4.69, 9.17) is 4.74 Å². The largest absolute Gasteiger partial charge is 0.416 e. The van der Waals surface area contributed by atoms with Crippen LogP contribution in [0.4, 0.5) is 13.2 Å². The Labute approximate surface area is 123 Å². The average molecular weight is 302 g/mol. The molecule has 6 heteroatoms. The SMILES string of the molecule is CCN1CCOC(C(NC)c2cccc(C(F)(F)F)c2)C1. The van der Waals surface area contributed by atoms with Crippen LogP contribution < -0.4 is 5.32 Å². The van der Waals surface area contributed by atoms with Crippen LogP contribution in [0.25, 0.3) is 0 Å². The van der Waals surface area contributed by atoms with Gasteiger partial charge in [-0.2, -0.15) is 13.2 Å². The van der Waals surface area contributed by atoms with E-state index in [-0.39, 0.29) is 12.1 Å². The Kier molecular flexibility index (Phi) is 5.24. The Balaban J connectivity index is 2.21. The van der Waals surface area contributed by atoms with E-state index in [0.717, 1.165) is 25.7 Å². The predicted molar refractivity (Wildman–Crippen MR) is 75.1 cm³/mol. The molecule has 2 rings (SSSR count). The van der Waals surface area contributed by atoms with Crippen molar-refractivity contribution in [2.75, 3.05) is 33.3 Å². The highest BCUT2D eigenvalue weighted by Gasteiger charge is 2.33. The fraction of sp³-hybridized carbons (Fsp3) is 0.600. The molecule has 1 aliphatic heterocycles. The number of halogens is 3. The summed E-state index contributed by atoms with van der Waals surface area (Å²) in [5.41, 5.74) is -0.0151. The number of nitrogens with one attached hydrogen (secondary N) is 1. The molecule has 0 aliphatic carbocycles. The van der Waals surface area contributed by atoms with Crippen LogP contribution in [-0.2, 0) is 10.9 Å². The van der Waals surface area contributed by atoms with Crippen LogP contribution in [0.3, 0.4) is 0 Å². The third-order valence-corrected chi connectivity index (χ3v) is 3.88. The van der Waals surface area contributed by atoms with Crippen molar-refractivity contribution in [1.82, 2.24) is 10.2 Å². The maximum atomic E-state index is 12.8. The molecular formula is C15H21F3N2O. The number of morpholine rings is 1. The molecule has 0 amide bonds. The van der Waals surface area contributed by atoms with Gasteiger partial charge in [-0.25, -0.2) is 0 Å². The number of likely N-dealkylation sites (N-methyl/N-ethyl adjacent to an activating group) is 2. The second kappa shape index (κ2) is 6.77. The van der Waals surface area contributed by atoms with Crippen molar-refractivity contribution in [2.24, 2.45) is 0 Å². The van der Waals surface area contributed by atoms with Crippen molar-refractivity contribution >= 4 is 0 Å². The number of alkyl halides is 3. The topological polar surface area (TPSA) is 24.5 Å². The van der Waals surface area contributed by atoms with Crippen LogP contribution in [-0.4, -0.2) is 44.3 Å². The third-order valence-electron chi connectivity index (χ3n) is 3.88. The first-order chi connectivity index (χ1) is 9.95. The fourth-order valence-corrected chi connectivity index (χ4v) is 2.70. The maximum absolute atomic E-state index is 12.8. The van der Waals surface area contributed by atoms with E-state index < -0.39 is 11.7 Å². The highest BCUT2D eigenvalue weighted by molar-refractivity contribution is 5.29. The lowest BCUT2D eigenvalue weighted by Gasteiger charge is -2.36. The van der Waals surface area contributed by atoms with Crippen molar-refractivity contribution < 1.29 is 17.9 Å². The van der Waals surface area contributed by atoms with E-state index in [0.29, 0.717) is 12.2 Å². The van der Waals surface area contributed by atoms with Gasteiger partial charge in [-0.15, -0.1) is 0 Å². The first-order valence-electron chi connectivity index (χ1n) is 7.14. The van der Waals surface area contributed by atoms with Gasteiger partial charge in [0.05, 0.1) is 24.3 Å². The van der Waals surface area contributed by atoms with Gasteiger partial charge in [0.25, 0.3) is 0 Å². The first kappa shape index (κ1) is 16.3. The predicted octanol–water partition coefficient (Wildman–Crippen LogP) is 2.69. The van der Waals surface area contributed by atoms with Crippen LogP contribution in [0.5, 0.6) is 0 Å². The molecule has 0 bridgehead atoms. The third kappa shape index (κ3) is 3.96. The summed E-state index contributed by atoms with van der Waals surface area (Å²) in [4.78, 5) is 2.24. The van der Waals surface area contributed by atoms with Gasteiger partial charge in [0.15, 0.2) is 0 Å². The summed E-state index contributed by atoms with van der Waals surface area (Å²) in [6.45, 7) is 5.18. The molecule has 0 spiro atoms. The molecule has 2 unspecified atom stereocenters. The van der Waals surface area contributed by atoms with Crippen molar-refractivity contribution in [3.05, 3.63) is 35.4 Å². The minimum absolute atomic E-state index is 0.146. The van der Waals surface area contributed by atoms with Crippen molar-refractivity contribution in [2.45, 2.75) is 25.2 Å². The van der Waals surface area contributed by atoms with Crippen LogP contribution in [0.1, 0.15) is 24.1 Å². The first-order valence-corrected chi connectivity index (χ1v) is 7.14. The van der Waals surface area contributed by atoms with Crippen LogP contribution in [0.15, 0.2) is 24.3 Å². The highest BCUT2D eigenvalue weighted by atomic mass is 19.4. The molecule has 3 nitrogen and oxygen atoms in total. The van der Waals surface area contributed by atoms with Crippen LogP contribution in [0.2, 0.25) is 0 Å². The summed E-state index contributed by atoms with van der Waals surface area (Å²) in [6.07, 6.45) is -4.47. The van der Waals surface area contributed by atoms with E-state index in [1.165, 1.54) is 12.1 Å². The van der Waals surface area contributed by atoms with E-state index in [9.17, 15) is 13.2 Å². The Bertz CT molecular complexity index is 464. The number of nitrogens with zero attached hydrogens (tertiary/aromatic N) is 1. The molecule has 2 atom stereocenters. The summed E-state index contributed by atoms with van der Waals surface area (Å²) >= 11 is 0. The van der Waals surface area contributed by atoms with Gasteiger partial charge in [-0.3, -0.25) is 4.90 Å². The number of rotatable bonds is 4. The quantitative estimate of drug-likeness (QED) is 0.925. The van der Waals surface area contributed by atoms with Gasteiger partial charge in [0, 0.05) is 13.1 Å². The Morgan fingerprint density at radius 2 is 2.19 bits per heavy atom. The Morgan fingerprint density at radius 1 is 1.43 bits per heavy atom. The van der Waals surface area contributed by atoms with E-state index in [1.54, 1.807) is 13.1 Å². The highest BCUT2D eigenvalue weighted by Crippen LogP contribution is 2.32. The van der Waals surface area contributed by atoms with Crippen LogP contribution >= 0.6 is 0 Å². The minimum Gasteiger partial charge on any atom is -0.374 e. The number of hydrogen-bond acceptors (Lipinski definition) is 3. The molecule has 1 N–H and O–H groups in total. The molecule has 1 aromatic carbocycles. The normalized spacial score (nSPS) is 22.2. The van der Waals surface area contributed by atoms with E-state index in [1.807, 2.05) is 0 Å². The zero-order chi connectivity index (χ0) is 15.5. The molecule has 118 valence electrons. The lowest BCUT2D eigenvalue weighted by molar-refractivity contribution is -0.137. The molecular weight excluding hydrogens is 281 g/mol. The smallest absolute Gasteiger partial charge is 0.374 e. The molecule has 1 aromatic rings. The summed E-state index contributed by atoms with van der Waals surface area (Å²) in [6, 6.07) is 5.21. The monoisotopic (exact) mass is 302 g/mol. The van der Waals surface area contributed by atoms with Crippen molar-refractivity contribution in [1.29, 1.82) is 0 Å². The number of hydrogen-bond donors (Lipinski definition) is 1. The van der Waals surface area contributed by atoms with Crippen LogP contribution in [0, 0.1) is 0 Å². The maximum Gasteiger partial charge on any atom is 0.416 e. The van der Waals surface area contributed by atoms with Gasteiger partial charge in [-0.05, 0) is 31.3 Å². The lowest BCUT2D eigenvalue weighted by atomic mass is 9.98. The van der Waals surface area contributed by atoms with Crippen molar-refractivity contribution in [3.63, 3.8) is 0 Å². The zero-order valence-corrected chi connectivity index (χ0v) is 12.3. The minimum atomic E-state index is -4.32. The summed E-state index contributed by atoms with van der Waals surface area (Å²) in [5.74, 6) is 0. The van der Waals surface area contributed by atoms with Crippen molar-refractivity contribution in [3.8, 4) is 0 Å². The Morgan fingerprint density at radius 3 is 2.81 bits per heavy atom. The number of benzene rings is 1. The summed E-state index contributed by atoms with van der Waals surface area (Å²) < 4.78 is 44.3. The van der Waals surface area contributed by atoms with E-state index >= 15 is 0 Å². The second-order valence-corrected chi connectivity index (χ2v) is 5.19. The number of ether oxygens (including phenoxy) is 1. The van der Waals surface area contributed by atoms with Gasteiger partial charge < -0.3 is 10.1 Å². The van der Waals surface area contributed by atoms with Gasteiger partial charge in [-0.1, -0.05) is 19.1 Å². The Hall–Kier alpha value is -1.11. The van der Waals surface area contributed by atoms with Gasteiger partial charge >= 0.3 is 6.18 Å². The molecule has 1 fully saturated rings. The molecule has 21 heavy (non-hydrogen) atoms.